The van der Waals surface area contributed by atoms with Crippen LogP contribution in [0.15, 0.2) is 70.2 Å². The molecule has 0 aliphatic rings. The molecule has 1 amide bonds. The molecule has 5 nitrogen and oxygen atoms in total. The van der Waals surface area contributed by atoms with E-state index in [9.17, 15) is 4.79 Å². The van der Waals surface area contributed by atoms with Crippen LogP contribution in [-0.2, 0) is 4.79 Å². The van der Waals surface area contributed by atoms with Gasteiger partial charge in [0, 0.05) is 0 Å². The van der Waals surface area contributed by atoms with E-state index in [4.69, 9.17) is 10.00 Å². The van der Waals surface area contributed by atoms with Gasteiger partial charge in [0.2, 0.25) is 0 Å². The first-order chi connectivity index (χ1) is 12.7. The molecular formula is C20H14BrN3O2. The summed E-state index contributed by atoms with van der Waals surface area (Å²) in [7, 11) is 0. The molecule has 6 heteroatoms. The van der Waals surface area contributed by atoms with Gasteiger partial charge in [-0.2, -0.15) is 10.4 Å². The highest BCUT2D eigenvalue weighted by atomic mass is 79.9. The summed E-state index contributed by atoms with van der Waals surface area (Å²) in [5.41, 5.74) is 3.76. The smallest absolute Gasteiger partial charge is 0.277 e. The molecule has 3 aromatic rings. The van der Waals surface area contributed by atoms with Gasteiger partial charge in [-0.15, -0.1) is 0 Å². The van der Waals surface area contributed by atoms with Gasteiger partial charge in [0.25, 0.3) is 5.91 Å². The van der Waals surface area contributed by atoms with Gasteiger partial charge in [0.1, 0.15) is 5.75 Å². The second kappa shape index (κ2) is 8.28. The molecule has 128 valence electrons. The summed E-state index contributed by atoms with van der Waals surface area (Å²) in [5.74, 6) is 0.227. The highest BCUT2D eigenvalue weighted by Gasteiger charge is 2.08. The highest BCUT2D eigenvalue weighted by molar-refractivity contribution is 9.10. The molecule has 0 saturated heterocycles. The fraction of sp³-hybridized carbons (Fsp3) is 0.0500. The van der Waals surface area contributed by atoms with Crippen molar-refractivity contribution in [1.82, 2.24) is 5.43 Å². The number of rotatable bonds is 5. The molecule has 1 N–H and O–H groups in total. The van der Waals surface area contributed by atoms with Crippen LogP contribution in [0.25, 0.3) is 10.8 Å². The molecule has 3 aromatic carbocycles. The van der Waals surface area contributed by atoms with Crippen LogP contribution in [0.2, 0.25) is 0 Å². The van der Waals surface area contributed by atoms with E-state index >= 15 is 0 Å². The number of nitrogens with zero attached hydrogens (tertiary/aromatic N) is 2. The molecule has 0 spiro atoms. The number of benzene rings is 3. The lowest BCUT2D eigenvalue weighted by molar-refractivity contribution is -0.123. The van der Waals surface area contributed by atoms with Crippen molar-refractivity contribution >= 4 is 38.8 Å². The molecule has 26 heavy (non-hydrogen) atoms. The second-order valence-corrected chi connectivity index (χ2v) is 6.21. The van der Waals surface area contributed by atoms with Crippen molar-refractivity contribution < 1.29 is 9.53 Å². The first-order valence-corrected chi connectivity index (χ1v) is 8.59. The number of hydrazone groups is 1. The molecule has 0 fully saturated rings. The Kier molecular flexibility index (Phi) is 5.62. The minimum atomic E-state index is -0.366. The average Bonchev–Trinajstić information content (AvgIpc) is 2.68. The summed E-state index contributed by atoms with van der Waals surface area (Å²) in [6.07, 6.45) is 1.50. The maximum absolute atomic E-state index is 11.9. The van der Waals surface area contributed by atoms with Crippen LogP contribution in [0.1, 0.15) is 11.1 Å². The van der Waals surface area contributed by atoms with Crippen molar-refractivity contribution in [1.29, 1.82) is 5.26 Å². The molecule has 3 rings (SSSR count). The number of ether oxygens (including phenoxy) is 1. The highest BCUT2D eigenvalue weighted by Crippen LogP contribution is 2.32. The third-order valence-corrected chi connectivity index (χ3v) is 4.45. The van der Waals surface area contributed by atoms with Crippen molar-refractivity contribution in [2.24, 2.45) is 5.10 Å². The summed E-state index contributed by atoms with van der Waals surface area (Å²) < 4.78 is 6.38. The van der Waals surface area contributed by atoms with Crippen LogP contribution in [-0.4, -0.2) is 18.7 Å². The lowest BCUT2D eigenvalue weighted by atomic mass is 10.1. The third-order valence-electron chi connectivity index (χ3n) is 3.63. The van der Waals surface area contributed by atoms with Crippen molar-refractivity contribution in [2.75, 3.05) is 6.61 Å². The summed E-state index contributed by atoms with van der Waals surface area (Å²) in [6.45, 7) is -0.151. The summed E-state index contributed by atoms with van der Waals surface area (Å²) in [4.78, 5) is 11.9. The molecule has 0 saturated carbocycles. The van der Waals surface area contributed by atoms with Crippen molar-refractivity contribution in [2.45, 2.75) is 0 Å². The third kappa shape index (κ3) is 4.26. The van der Waals surface area contributed by atoms with Crippen LogP contribution in [0.5, 0.6) is 5.75 Å². The van der Waals surface area contributed by atoms with Gasteiger partial charge >= 0.3 is 0 Å². The minimum absolute atomic E-state index is 0.151. The Balaban J connectivity index is 1.56. The monoisotopic (exact) mass is 407 g/mol. The van der Waals surface area contributed by atoms with Crippen LogP contribution in [0, 0.1) is 11.3 Å². The van der Waals surface area contributed by atoms with Crippen molar-refractivity contribution in [3.05, 3.63) is 76.3 Å². The first-order valence-electron chi connectivity index (χ1n) is 7.79. The van der Waals surface area contributed by atoms with Gasteiger partial charge in [-0.1, -0.05) is 42.5 Å². The van der Waals surface area contributed by atoms with E-state index in [-0.39, 0.29) is 12.5 Å². The lowest BCUT2D eigenvalue weighted by Crippen LogP contribution is -2.24. The van der Waals surface area contributed by atoms with E-state index in [1.165, 1.54) is 6.21 Å². The fourth-order valence-electron chi connectivity index (χ4n) is 2.32. The standard InChI is InChI=1S/C20H14BrN3O2/c21-20-17-4-2-1-3-16(17)9-10-18(20)26-13-19(25)24-23-12-15-7-5-14(11-22)6-8-15/h1-10,12H,13H2,(H,24,25). The van der Waals surface area contributed by atoms with Gasteiger partial charge in [-0.3, -0.25) is 4.79 Å². The summed E-state index contributed by atoms with van der Waals surface area (Å²) >= 11 is 3.52. The molecule has 0 bridgehead atoms. The van der Waals surface area contributed by atoms with Crippen LogP contribution in [0.4, 0.5) is 0 Å². The largest absolute Gasteiger partial charge is 0.483 e. The van der Waals surface area contributed by atoms with Crippen molar-refractivity contribution in [3.8, 4) is 11.8 Å². The molecule has 0 aliphatic carbocycles. The zero-order chi connectivity index (χ0) is 18.4. The molecule has 0 atom stereocenters. The van der Waals surface area contributed by atoms with Gasteiger partial charge < -0.3 is 4.74 Å². The Morgan fingerprint density at radius 2 is 1.92 bits per heavy atom. The predicted octanol–water partition coefficient (Wildman–Crippen LogP) is 4.00. The van der Waals surface area contributed by atoms with Crippen LogP contribution >= 0.6 is 15.9 Å². The number of hydrogen-bond acceptors (Lipinski definition) is 4. The van der Waals surface area contributed by atoms with Crippen LogP contribution < -0.4 is 10.2 Å². The number of hydrogen-bond donors (Lipinski definition) is 1. The number of carbonyl (C=O) groups is 1. The quantitative estimate of drug-likeness (QED) is 0.512. The van der Waals surface area contributed by atoms with E-state index in [2.05, 4.69) is 26.5 Å². The van der Waals surface area contributed by atoms with E-state index < -0.39 is 0 Å². The maximum Gasteiger partial charge on any atom is 0.277 e. The molecule has 0 heterocycles. The second-order valence-electron chi connectivity index (χ2n) is 5.41. The zero-order valence-electron chi connectivity index (χ0n) is 13.6. The molecule has 0 radical (unpaired) electrons. The lowest BCUT2D eigenvalue weighted by Gasteiger charge is -2.09. The first kappa shape index (κ1) is 17.6. The number of carbonyl (C=O) groups excluding carboxylic acids is 1. The van der Waals surface area contributed by atoms with Gasteiger partial charge in [0.15, 0.2) is 6.61 Å². The predicted molar refractivity (Wildman–Crippen MR) is 104 cm³/mol. The van der Waals surface area contributed by atoms with Crippen LogP contribution in [0.3, 0.4) is 0 Å². The SMILES string of the molecule is N#Cc1ccc(C=NNC(=O)COc2ccc3ccccc3c2Br)cc1. The van der Waals surface area contributed by atoms with Gasteiger partial charge in [-0.25, -0.2) is 5.43 Å². The van der Waals surface area contributed by atoms with E-state index in [0.29, 0.717) is 11.3 Å². The Labute approximate surface area is 159 Å². The Morgan fingerprint density at radius 3 is 2.69 bits per heavy atom. The van der Waals surface area contributed by atoms with Crippen molar-refractivity contribution in [3.63, 3.8) is 0 Å². The molecule has 0 aromatic heterocycles. The Bertz CT molecular complexity index is 1010. The topological polar surface area (TPSA) is 74.5 Å². The number of amides is 1. The minimum Gasteiger partial charge on any atom is -0.483 e. The van der Waals surface area contributed by atoms with E-state index in [1.807, 2.05) is 42.5 Å². The Hall–Kier alpha value is -3.17. The van der Waals surface area contributed by atoms with Gasteiger partial charge in [0.05, 0.1) is 22.3 Å². The number of nitrogens with one attached hydrogen (secondary N) is 1. The number of nitriles is 1. The summed E-state index contributed by atoms with van der Waals surface area (Å²) in [5, 5.41) is 14.7. The fourth-order valence-corrected chi connectivity index (χ4v) is 2.93. The van der Waals surface area contributed by atoms with E-state index in [1.54, 1.807) is 24.3 Å². The van der Waals surface area contributed by atoms with Gasteiger partial charge in [-0.05, 0) is 50.5 Å². The molecule has 0 aliphatic heterocycles. The number of fused-ring (bicyclic) bond motifs is 1. The maximum atomic E-state index is 11.9. The average molecular weight is 408 g/mol. The zero-order valence-corrected chi connectivity index (χ0v) is 15.2. The Morgan fingerprint density at radius 1 is 1.15 bits per heavy atom. The molecular weight excluding hydrogens is 394 g/mol. The summed E-state index contributed by atoms with van der Waals surface area (Å²) in [6, 6.07) is 20.6. The number of halogens is 1. The molecule has 0 unspecified atom stereocenters. The van der Waals surface area contributed by atoms with E-state index in [0.717, 1.165) is 20.8 Å². The normalized spacial score (nSPS) is 10.6.